The number of aliphatic hydroxyl groups excluding tert-OH is 1. The molecular formula is C18H13F6N5O3. The number of H-pyrrole nitrogens is 1. The van der Waals surface area contributed by atoms with Gasteiger partial charge in [0.15, 0.2) is 6.10 Å². The zero-order valence-corrected chi connectivity index (χ0v) is 15.7. The molecule has 1 aromatic carbocycles. The lowest BCUT2D eigenvalue weighted by Crippen LogP contribution is -2.42. The molecule has 14 heteroatoms. The van der Waals surface area contributed by atoms with Gasteiger partial charge in [-0.15, -0.1) is 0 Å². The second-order valence-corrected chi connectivity index (χ2v) is 6.46. The van der Waals surface area contributed by atoms with Crippen LogP contribution in [-0.4, -0.2) is 49.8 Å². The van der Waals surface area contributed by atoms with Crippen LogP contribution in [0.4, 0.5) is 26.3 Å². The van der Waals surface area contributed by atoms with Crippen molar-refractivity contribution >= 4 is 5.91 Å². The lowest BCUT2D eigenvalue weighted by Gasteiger charge is -2.15. The number of benzene rings is 1. The minimum Gasteiger partial charge on any atom is -0.382 e. The topological polar surface area (TPSA) is 113 Å². The summed E-state index contributed by atoms with van der Waals surface area (Å²) >= 11 is 0. The number of alkyl halides is 6. The van der Waals surface area contributed by atoms with Crippen LogP contribution in [0.25, 0.3) is 16.9 Å². The van der Waals surface area contributed by atoms with E-state index >= 15 is 0 Å². The van der Waals surface area contributed by atoms with E-state index in [-0.39, 0.29) is 16.9 Å². The summed E-state index contributed by atoms with van der Waals surface area (Å²) in [5, 5.41) is 20.9. The number of hydrogen-bond donors (Lipinski definition) is 3. The zero-order valence-electron chi connectivity index (χ0n) is 15.7. The van der Waals surface area contributed by atoms with Gasteiger partial charge >= 0.3 is 12.4 Å². The lowest BCUT2D eigenvalue weighted by molar-refractivity contribution is -0.201. The molecule has 3 N–H and O–H groups in total. The Hall–Kier alpha value is -3.68. The zero-order chi connectivity index (χ0) is 23.7. The third-order valence-corrected chi connectivity index (χ3v) is 4.23. The molecule has 32 heavy (non-hydrogen) atoms. The highest BCUT2D eigenvalue weighted by Gasteiger charge is 2.38. The number of aromatic amines is 1. The molecule has 8 nitrogen and oxygen atoms in total. The largest absolute Gasteiger partial charge is 0.416 e. The van der Waals surface area contributed by atoms with Crippen molar-refractivity contribution in [1.29, 1.82) is 0 Å². The van der Waals surface area contributed by atoms with Gasteiger partial charge in [0.05, 0.1) is 24.0 Å². The first-order valence-corrected chi connectivity index (χ1v) is 8.72. The van der Waals surface area contributed by atoms with E-state index in [4.69, 9.17) is 5.11 Å². The first-order chi connectivity index (χ1) is 14.9. The van der Waals surface area contributed by atoms with E-state index in [0.717, 1.165) is 30.3 Å². The number of carbonyl (C=O) groups is 1. The normalized spacial score (nSPS) is 13.1. The Bertz CT molecular complexity index is 1150. The van der Waals surface area contributed by atoms with Crippen molar-refractivity contribution in [2.45, 2.75) is 18.5 Å². The second-order valence-electron chi connectivity index (χ2n) is 6.46. The molecule has 0 aliphatic rings. The highest BCUT2D eigenvalue weighted by Crippen LogP contribution is 2.30. The van der Waals surface area contributed by atoms with Crippen molar-refractivity contribution in [2.24, 2.45) is 0 Å². The summed E-state index contributed by atoms with van der Waals surface area (Å²) in [5.41, 5.74) is -2.57. The Morgan fingerprint density at radius 1 is 1.16 bits per heavy atom. The highest BCUT2D eigenvalue weighted by atomic mass is 19.4. The van der Waals surface area contributed by atoms with E-state index in [1.165, 1.54) is 12.4 Å². The Morgan fingerprint density at radius 2 is 1.81 bits per heavy atom. The van der Waals surface area contributed by atoms with Crippen molar-refractivity contribution in [1.82, 2.24) is 25.3 Å². The van der Waals surface area contributed by atoms with Gasteiger partial charge in [0.25, 0.3) is 11.5 Å². The number of nitrogens with one attached hydrogen (secondary N) is 2. The molecule has 3 rings (SSSR count). The monoisotopic (exact) mass is 461 g/mol. The van der Waals surface area contributed by atoms with Crippen molar-refractivity contribution in [3.8, 4) is 16.9 Å². The van der Waals surface area contributed by atoms with Crippen LogP contribution in [0.2, 0.25) is 0 Å². The van der Waals surface area contributed by atoms with E-state index in [9.17, 15) is 35.9 Å². The molecular weight excluding hydrogens is 448 g/mol. The summed E-state index contributed by atoms with van der Waals surface area (Å²) in [6.45, 7) is -1.22. The van der Waals surface area contributed by atoms with E-state index in [0.29, 0.717) is 4.68 Å². The number of amides is 1. The molecule has 2 heterocycles. The van der Waals surface area contributed by atoms with Crippen molar-refractivity contribution in [2.75, 3.05) is 6.54 Å². The third kappa shape index (κ3) is 4.96. The fraction of sp³-hybridized carbons (Fsp3) is 0.222. The van der Waals surface area contributed by atoms with E-state index in [1.54, 1.807) is 5.32 Å². The minimum atomic E-state index is -4.99. The van der Waals surface area contributed by atoms with Crippen LogP contribution in [0.1, 0.15) is 15.9 Å². The maximum Gasteiger partial charge on any atom is 0.416 e. The van der Waals surface area contributed by atoms with Gasteiger partial charge in [-0.2, -0.15) is 41.2 Å². The minimum absolute atomic E-state index is 0.0631. The molecule has 0 bridgehead atoms. The van der Waals surface area contributed by atoms with E-state index < -0.39 is 47.6 Å². The Balaban J connectivity index is 2.03. The van der Waals surface area contributed by atoms with Gasteiger partial charge in [0, 0.05) is 11.8 Å². The first-order valence-electron chi connectivity index (χ1n) is 8.72. The number of rotatable bonds is 5. The Kier molecular flexibility index (Phi) is 6.07. The molecule has 0 spiro atoms. The predicted molar refractivity (Wildman–Crippen MR) is 96.8 cm³/mol. The van der Waals surface area contributed by atoms with Crippen LogP contribution >= 0.6 is 0 Å². The van der Waals surface area contributed by atoms with Gasteiger partial charge in [-0.05, 0) is 18.2 Å². The molecule has 1 atom stereocenters. The summed E-state index contributed by atoms with van der Waals surface area (Å²) in [6.07, 6.45) is -10.0. The summed E-state index contributed by atoms with van der Waals surface area (Å²) < 4.78 is 76.5. The Labute approximate surface area is 174 Å². The Morgan fingerprint density at radius 3 is 2.34 bits per heavy atom. The van der Waals surface area contributed by atoms with Crippen molar-refractivity contribution in [3.63, 3.8) is 0 Å². The van der Waals surface area contributed by atoms with E-state index in [2.05, 4.69) is 15.3 Å². The number of aromatic nitrogens is 4. The second kappa shape index (κ2) is 8.45. The van der Waals surface area contributed by atoms with Crippen molar-refractivity contribution < 1.29 is 36.2 Å². The van der Waals surface area contributed by atoms with Gasteiger partial charge in [0.2, 0.25) is 0 Å². The molecule has 0 aliphatic carbocycles. The molecule has 0 aliphatic heterocycles. The van der Waals surface area contributed by atoms with Gasteiger partial charge in [-0.25, -0.2) is 0 Å². The van der Waals surface area contributed by atoms with Gasteiger partial charge in [0.1, 0.15) is 11.3 Å². The summed E-state index contributed by atoms with van der Waals surface area (Å²) in [7, 11) is 0. The molecule has 0 saturated carbocycles. The highest BCUT2D eigenvalue weighted by molar-refractivity contribution is 5.94. The molecule has 1 amide bonds. The molecule has 0 saturated heterocycles. The smallest absolute Gasteiger partial charge is 0.382 e. The van der Waals surface area contributed by atoms with Gasteiger partial charge in [-0.3, -0.25) is 14.7 Å². The lowest BCUT2D eigenvalue weighted by atomic mass is 10.1. The van der Waals surface area contributed by atoms with Crippen LogP contribution in [0, 0.1) is 0 Å². The summed E-state index contributed by atoms with van der Waals surface area (Å²) in [4.78, 5) is 25.1. The van der Waals surface area contributed by atoms with Gasteiger partial charge < -0.3 is 10.4 Å². The number of hydrogen-bond acceptors (Lipinski definition) is 5. The molecule has 1 unspecified atom stereocenters. The fourth-order valence-electron chi connectivity index (χ4n) is 2.56. The average molecular weight is 461 g/mol. The van der Waals surface area contributed by atoms with Gasteiger partial charge in [-0.1, -0.05) is 12.1 Å². The quantitative estimate of drug-likeness (QED) is 0.505. The maximum absolute atomic E-state index is 12.8. The molecule has 0 radical (unpaired) electrons. The standard InChI is InChI=1S/C18H13F6N5O3/c19-17(20,21)10-3-1-9(2-4-10)13-5-12(15(31)25-8-14(30)18(22,23)24)16(32)29(28-13)11-6-26-27-7-11/h1-7,14,30H,8H2,(H,25,31)(H,26,27). The van der Waals surface area contributed by atoms with Crippen LogP contribution in [0.5, 0.6) is 0 Å². The predicted octanol–water partition coefficient (Wildman–Crippen LogP) is 2.29. The SMILES string of the molecule is O=C(NCC(O)C(F)(F)F)c1cc(-c2ccc(C(F)(F)F)cc2)nn(-c2cn[nH]c2)c1=O. The van der Waals surface area contributed by atoms with E-state index in [1.807, 2.05) is 0 Å². The number of nitrogens with zero attached hydrogens (tertiary/aromatic N) is 3. The van der Waals surface area contributed by atoms with Crippen LogP contribution in [0.3, 0.4) is 0 Å². The average Bonchev–Trinajstić information content (AvgIpc) is 3.25. The molecule has 3 aromatic rings. The molecule has 170 valence electrons. The maximum atomic E-state index is 12.8. The van der Waals surface area contributed by atoms with Crippen LogP contribution in [0.15, 0.2) is 47.5 Å². The fourth-order valence-corrected chi connectivity index (χ4v) is 2.56. The number of halogens is 6. The molecule has 2 aromatic heterocycles. The van der Waals surface area contributed by atoms with Crippen LogP contribution in [-0.2, 0) is 6.18 Å². The summed E-state index contributed by atoms with van der Waals surface area (Å²) in [5.74, 6) is -1.24. The first kappa shape index (κ1) is 23.0. The summed E-state index contributed by atoms with van der Waals surface area (Å²) in [6, 6.07) is 4.58. The third-order valence-electron chi connectivity index (χ3n) is 4.23. The number of aliphatic hydroxyl groups is 1. The van der Waals surface area contributed by atoms with Crippen molar-refractivity contribution in [3.05, 3.63) is 64.2 Å². The number of carbonyl (C=O) groups excluding carboxylic acids is 1. The van der Waals surface area contributed by atoms with Crippen LogP contribution < -0.4 is 10.9 Å². The molecule has 0 fully saturated rings.